The molecule has 0 aliphatic heterocycles. The van der Waals surface area contributed by atoms with Gasteiger partial charge in [-0.25, -0.2) is 0 Å². The van der Waals surface area contributed by atoms with Crippen LogP contribution >= 0.6 is 0 Å². The largest absolute Gasteiger partial charge is 0.493 e. The van der Waals surface area contributed by atoms with E-state index < -0.39 is 6.10 Å². The number of carbonyl (C=O) groups excluding carboxylic acids is 1. The van der Waals surface area contributed by atoms with Crippen LogP contribution in [0, 0.1) is 6.92 Å². The zero-order valence-electron chi connectivity index (χ0n) is 10.9. The maximum Gasteiger partial charge on any atom is 0.258 e. The van der Waals surface area contributed by atoms with Gasteiger partial charge in [-0.2, -0.15) is 0 Å². The Morgan fingerprint density at radius 1 is 1.44 bits per heavy atom. The van der Waals surface area contributed by atoms with Crippen LogP contribution in [0.5, 0.6) is 11.5 Å². The van der Waals surface area contributed by atoms with Gasteiger partial charge in [0.1, 0.15) is 0 Å². The topological polar surface area (TPSA) is 67.8 Å². The molecule has 5 heteroatoms. The summed E-state index contributed by atoms with van der Waals surface area (Å²) in [5.74, 6) is 0.840. The highest BCUT2D eigenvalue weighted by Crippen LogP contribution is 2.27. The van der Waals surface area contributed by atoms with E-state index in [1.165, 1.54) is 0 Å². The molecule has 1 atom stereocenters. The molecule has 1 unspecified atom stereocenters. The number of ether oxygens (including phenoxy) is 2. The summed E-state index contributed by atoms with van der Waals surface area (Å²) in [5.41, 5.74) is 1.05. The number of nitrogens with one attached hydrogen (secondary N) is 1. The molecule has 1 aromatic carbocycles. The molecule has 0 spiro atoms. The molecule has 2 N–H and O–H groups in total. The third-order valence-corrected chi connectivity index (χ3v) is 2.27. The molecule has 0 aromatic heterocycles. The molecular formula is C13H19NO4. The first-order chi connectivity index (χ1) is 8.52. The molecule has 1 rings (SSSR count). The number of amides is 1. The van der Waals surface area contributed by atoms with E-state index in [0.717, 1.165) is 5.56 Å². The number of hydrogen-bond acceptors (Lipinski definition) is 4. The fourth-order valence-electron chi connectivity index (χ4n) is 1.35. The minimum absolute atomic E-state index is 0.105. The van der Waals surface area contributed by atoms with Crippen molar-refractivity contribution in [3.8, 4) is 11.5 Å². The lowest BCUT2D eigenvalue weighted by molar-refractivity contribution is -0.123. The van der Waals surface area contributed by atoms with Gasteiger partial charge < -0.3 is 19.9 Å². The van der Waals surface area contributed by atoms with Crippen LogP contribution in [0.3, 0.4) is 0 Å². The average molecular weight is 253 g/mol. The monoisotopic (exact) mass is 253 g/mol. The Balaban J connectivity index is 2.50. The Hall–Kier alpha value is -1.75. The third-order valence-electron chi connectivity index (χ3n) is 2.27. The van der Waals surface area contributed by atoms with Crippen molar-refractivity contribution in [1.29, 1.82) is 0 Å². The van der Waals surface area contributed by atoms with Crippen LogP contribution in [-0.4, -0.2) is 37.4 Å². The molecular weight excluding hydrogens is 234 g/mol. The number of hydrogen-bond donors (Lipinski definition) is 2. The Labute approximate surface area is 107 Å². The summed E-state index contributed by atoms with van der Waals surface area (Å²) in [5, 5.41) is 11.6. The van der Waals surface area contributed by atoms with Crippen LogP contribution in [0.1, 0.15) is 12.5 Å². The molecule has 5 nitrogen and oxygen atoms in total. The predicted octanol–water partition coefficient (Wildman–Crippen LogP) is 0.879. The van der Waals surface area contributed by atoms with Gasteiger partial charge in [-0.15, -0.1) is 0 Å². The fourth-order valence-corrected chi connectivity index (χ4v) is 1.35. The number of aliphatic hydroxyl groups is 1. The predicted molar refractivity (Wildman–Crippen MR) is 67.9 cm³/mol. The molecule has 0 bridgehead atoms. The number of benzene rings is 1. The van der Waals surface area contributed by atoms with E-state index >= 15 is 0 Å². The van der Waals surface area contributed by atoms with Crippen molar-refractivity contribution < 1.29 is 19.4 Å². The van der Waals surface area contributed by atoms with Crippen molar-refractivity contribution in [2.75, 3.05) is 20.3 Å². The van der Waals surface area contributed by atoms with Gasteiger partial charge in [0.25, 0.3) is 5.91 Å². The van der Waals surface area contributed by atoms with Crippen molar-refractivity contribution in [2.24, 2.45) is 0 Å². The SMILES string of the molecule is COc1cc(C)ccc1OCC(=O)NCC(C)O. The maximum atomic E-state index is 11.4. The summed E-state index contributed by atoms with van der Waals surface area (Å²) in [6.45, 7) is 3.66. The van der Waals surface area contributed by atoms with Gasteiger partial charge >= 0.3 is 0 Å². The van der Waals surface area contributed by atoms with Crippen molar-refractivity contribution in [3.63, 3.8) is 0 Å². The van der Waals surface area contributed by atoms with Crippen LogP contribution in [0.4, 0.5) is 0 Å². The normalized spacial score (nSPS) is 11.8. The van der Waals surface area contributed by atoms with Gasteiger partial charge in [-0.05, 0) is 31.5 Å². The van der Waals surface area contributed by atoms with Crippen molar-refractivity contribution in [2.45, 2.75) is 20.0 Å². The minimum Gasteiger partial charge on any atom is -0.493 e. The Kier molecular flexibility index (Phi) is 5.45. The molecule has 0 radical (unpaired) electrons. The number of methoxy groups -OCH3 is 1. The van der Waals surface area contributed by atoms with E-state index in [1.54, 1.807) is 20.1 Å². The van der Waals surface area contributed by atoms with Gasteiger partial charge in [0, 0.05) is 6.54 Å². The van der Waals surface area contributed by atoms with E-state index in [0.29, 0.717) is 11.5 Å². The summed E-state index contributed by atoms with van der Waals surface area (Å²) in [6, 6.07) is 5.48. The highest BCUT2D eigenvalue weighted by Gasteiger charge is 2.08. The molecule has 0 aliphatic rings. The summed E-state index contributed by atoms with van der Waals surface area (Å²) in [7, 11) is 1.55. The zero-order chi connectivity index (χ0) is 13.5. The van der Waals surface area contributed by atoms with Gasteiger partial charge in [-0.3, -0.25) is 4.79 Å². The standard InChI is InChI=1S/C13H19NO4/c1-9-4-5-11(12(6-9)17-3)18-8-13(16)14-7-10(2)15/h4-6,10,15H,7-8H2,1-3H3,(H,14,16). The molecule has 18 heavy (non-hydrogen) atoms. The molecule has 0 heterocycles. The molecule has 0 aliphatic carbocycles. The van der Waals surface area contributed by atoms with E-state index in [2.05, 4.69) is 5.32 Å². The second-order valence-electron chi connectivity index (χ2n) is 4.10. The zero-order valence-corrected chi connectivity index (χ0v) is 10.9. The van der Waals surface area contributed by atoms with Gasteiger partial charge in [0.15, 0.2) is 18.1 Å². The highest BCUT2D eigenvalue weighted by atomic mass is 16.5. The molecule has 0 saturated carbocycles. The maximum absolute atomic E-state index is 11.4. The smallest absolute Gasteiger partial charge is 0.258 e. The lowest BCUT2D eigenvalue weighted by Crippen LogP contribution is -2.34. The molecule has 1 aromatic rings. The molecule has 0 saturated heterocycles. The number of aliphatic hydroxyl groups excluding tert-OH is 1. The molecule has 0 fully saturated rings. The van der Waals surface area contributed by atoms with Gasteiger partial charge in [0.05, 0.1) is 13.2 Å². The Bertz CT molecular complexity index is 404. The van der Waals surface area contributed by atoms with Crippen LogP contribution < -0.4 is 14.8 Å². The lowest BCUT2D eigenvalue weighted by Gasteiger charge is -2.11. The second kappa shape index (κ2) is 6.86. The fraction of sp³-hybridized carbons (Fsp3) is 0.462. The van der Waals surface area contributed by atoms with E-state index in [1.807, 2.05) is 19.1 Å². The van der Waals surface area contributed by atoms with Crippen molar-refractivity contribution in [1.82, 2.24) is 5.32 Å². The lowest BCUT2D eigenvalue weighted by atomic mass is 10.2. The summed E-state index contributed by atoms with van der Waals surface area (Å²) in [4.78, 5) is 11.4. The first-order valence-electron chi connectivity index (χ1n) is 5.75. The van der Waals surface area contributed by atoms with Gasteiger partial charge in [0.2, 0.25) is 0 Å². The van der Waals surface area contributed by atoms with Crippen molar-refractivity contribution in [3.05, 3.63) is 23.8 Å². The quantitative estimate of drug-likeness (QED) is 0.789. The van der Waals surface area contributed by atoms with Crippen LogP contribution in [0.25, 0.3) is 0 Å². The molecule has 100 valence electrons. The van der Waals surface area contributed by atoms with Crippen LogP contribution in [-0.2, 0) is 4.79 Å². The first-order valence-corrected chi connectivity index (χ1v) is 5.75. The van der Waals surface area contributed by atoms with E-state index in [9.17, 15) is 4.79 Å². The summed E-state index contributed by atoms with van der Waals surface area (Å²) >= 11 is 0. The van der Waals surface area contributed by atoms with E-state index in [4.69, 9.17) is 14.6 Å². The Morgan fingerprint density at radius 3 is 2.78 bits per heavy atom. The van der Waals surface area contributed by atoms with Gasteiger partial charge in [-0.1, -0.05) is 6.07 Å². The number of rotatable bonds is 6. The number of carbonyl (C=O) groups is 1. The minimum atomic E-state index is -0.567. The van der Waals surface area contributed by atoms with Crippen LogP contribution in [0.15, 0.2) is 18.2 Å². The highest BCUT2D eigenvalue weighted by molar-refractivity contribution is 5.77. The van der Waals surface area contributed by atoms with Crippen LogP contribution in [0.2, 0.25) is 0 Å². The summed E-state index contributed by atoms with van der Waals surface area (Å²) < 4.78 is 10.5. The second-order valence-corrected chi connectivity index (χ2v) is 4.10. The average Bonchev–Trinajstić information content (AvgIpc) is 2.34. The number of aryl methyl sites for hydroxylation is 1. The Morgan fingerprint density at radius 2 is 2.17 bits per heavy atom. The molecule has 1 amide bonds. The van der Waals surface area contributed by atoms with E-state index in [-0.39, 0.29) is 19.1 Å². The van der Waals surface area contributed by atoms with Crippen molar-refractivity contribution >= 4 is 5.91 Å². The first kappa shape index (κ1) is 14.3. The summed E-state index contributed by atoms with van der Waals surface area (Å²) in [6.07, 6.45) is -0.567. The third kappa shape index (κ3) is 4.63.